The molecule has 0 fully saturated rings. The largest absolute Gasteiger partial charge is 0.323 e. The second-order valence-corrected chi connectivity index (χ2v) is 6.84. The van der Waals surface area contributed by atoms with Crippen LogP contribution < -0.4 is 16.4 Å². The van der Waals surface area contributed by atoms with Gasteiger partial charge in [0.05, 0.1) is 30.5 Å². The van der Waals surface area contributed by atoms with E-state index in [9.17, 15) is 14.4 Å². The third-order valence-electron chi connectivity index (χ3n) is 2.45. The molecule has 6 nitrogen and oxygen atoms in total. The zero-order valence-corrected chi connectivity index (χ0v) is 15.6. The van der Waals surface area contributed by atoms with Gasteiger partial charge in [-0.3, -0.25) is 19.7 Å². The molecule has 2 bridgehead atoms. The van der Waals surface area contributed by atoms with Gasteiger partial charge in [0.1, 0.15) is 0 Å². The maximum absolute atomic E-state index is 11.8. The van der Waals surface area contributed by atoms with Crippen molar-refractivity contribution in [3.8, 4) is 0 Å². The fourth-order valence-corrected chi connectivity index (χ4v) is 6.01. The highest BCUT2D eigenvalue weighted by Gasteiger charge is 2.33. The first-order valence-electron chi connectivity index (χ1n) is 4.94. The number of halogens is 3. The third-order valence-corrected chi connectivity index (χ3v) is 5.68. The lowest BCUT2D eigenvalue weighted by Crippen LogP contribution is -2.39. The van der Waals surface area contributed by atoms with Crippen molar-refractivity contribution in [2.45, 2.75) is 0 Å². The Bertz CT molecular complexity index is 589. The smallest absolute Gasteiger partial charge is 0.260 e. The number of hydrogen-bond acceptors (Lipinski definition) is 4. The standard InChI is InChI=1S/C10H6I3N3O3/c11-5-3-6(12)8(15-2(17)1-14)7(13)4(5)10(19)16-9(3)18/h1,14H2,(H,15,17)(H,16,18,19). The first-order chi connectivity index (χ1) is 8.88. The number of benzene rings is 1. The molecule has 0 unspecified atom stereocenters. The molecule has 1 aliphatic rings. The Morgan fingerprint density at radius 2 is 1.53 bits per heavy atom. The zero-order chi connectivity index (χ0) is 14.3. The van der Waals surface area contributed by atoms with E-state index >= 15 is 0 Å². The van der Waals surface area contributed by atoms with Crippen LogP contribution in [0.3, 0.4) is 0 Å². The summed E-state index contributed by atoms with van der Waals surface area (Å²) in [6, 6.07) is 0. The van der Waals surface area contributed by atoms with Gasteiger partial charge in [0, 0.05) is 3.57 Å². The maximum Gasteiger partial charge on any atom is 0.260 e. The van der Waals surface area contributed by atoms with Gasteiger partial charge in [-0.2, -0.15) is 0 Å². The minimum absolute atomic E-state index is 0.164. The number of imide groups is 1. The predicted molar refractivity (Wildman–Crippen MR) is 94.1 cm³/mol. The van der Waals surface area contributed by atoms with Crippen LogP contribution in [0.4, 0.5) is 5.69 Å². The second-order valence-electron chi connectivity index (χ2n) is 3.60. The molecule has 0 saturated carbocycles. The van der Waals surface area contributed by atoms with Gasteiger partial charge in [-0.05, 0) is 67.8 Å². The zero-order valence-electron chi connectivity index (χ0n) is 9.14. The average molecular weight is 597 g/mol. The molecule has 1 aliphatic heterocycles. The van der Waals surface area contributed by atoms with E-state index < -0.39 is 11.8 Å². The summed E-state index contributed by atoms with van der Waals surface area (Å²) in [5, 5.41) is 4.91. The van der Waals surface area contributed by atoms with Gasteiger partial charge in [0.2, 0.25) is 5.91 Å². The summed E-state index contributed by atoms with van der Waals surface area (Å²) in [6.07, 6.45) is 0. The van der Waals surface area contributed by atoms with Crippen molar-refractivity contribution in [3.05, 3.63) is 21.8 Å². The quantitative estimate of drug-likeness (QED) is 0.354. The number of carbonyl (C=O) groups is 3. The molecular formula is C10H6I3N3O3. The molecule has 0 aromatic heterocycles. The predicted octanol–water partition coefficient (Wildman–Crippen LogP) is 1.28. The Labute approximate surface area is 149 Å². The van der Waals surface area contributed by atoms with E-state index in [1.807, 2.05) is 67.8 Å². The van der Waals surface area contributed by atoms with Crippen molar-refractivity contribution >= 4 is 91.2 Å². The summed E-state index contributed by atoms with van der Waals surface area (Å²) in [6.45, 7) is -0.164. The SMILES string of the molecule is NCC(=O)Nc1c(I)c2c(I)c(c1I)C(=O)NC2=O. The second kappa shape index (κ2) is 5.77. The summed E-state index contributed by atoms with van der Waals surface area (Å²) in [5.41, 5.74) is 6.54. The number of nitrogens with one attached hydrogen (secondary N) is 2. The van der Waals surface area contributed by atoms with Gasteiger partial charge in [-0.1, -0.05) is 0 Å². The molecule has 3 amide bonds. The number of hydrogen-bond donors (Lipinski definition) is 3. The number of nitrogens with two attached hydrogens (primary N) is 1. The topological polar surface area (TPSA) is 101 Å². The molecule has 100 valence electrons. The summed E-state index contributed by atoms with van der Waals surface area (Å²) >= 11 is 5.92. The molecule has 1 aromatic rings. The van der Waals surface area contributed by atoms with Crippen LogP contribution in [0.15, 0.2) is 0 Å². The number of anilines is 1. The molecule has 0 spiro atoms. The molecule has 0 aliphatic carbocycles. The highest BCUT2D eigenvalue weighted by atomic mass is 127. The third kappa shape index (κ3) is 2.61. The molecule has 0 saturated heterocycles. The van der Waals surface area contributed by atoms with E-state index in [-0.39, 0.29) is 12.5 Å². The molecule has 4 N–H and O–H groups in total. The monoisotopic (exact) mass is 597 g/mol. The lowest BCUT2D eigenvalue weighted by molar-refractivity contribution is -0.114. The Kier molecular flexibility index (Phi) is 4.67. The summed E-state index contributed by atoms with van der Waals surface area (Å²) in [7, 11) is 0. The minimum atomic E-state index is -0.453. The Balaban J connectivity index is 2.72. The van der Waals surface area contributed by atoms with Crippen LogP contribution in [0, 0.1) is 10.7 Å². The van der Waals surface area contributed by atoms with Crippen molar-refractivity contribution in [1.82, 2.24) is 5.32 Å². The Morgan fingerprint density at radius 1 is 1.05 bits per heavy atom. The molecule has 19 heavy (non-hydrogen) atoms. The number of carbonyl (C=O) groups excluding carboxylic acids is 3. The van der Waals surface area contributed by atoms with Gasteiger partial charge in [0.25, 0.3) is 11.8 Å². The molecule has 0 radical (unpaired) electrons. The van der Waals surface area contributed by atoms with E-state index in [4.69, 9.17) is 5.73 Å². The van der Waals surface area contributed by atoms with Crippen LogP contribution in [0.2, 0.25) is 0 Å². The first kappa shape index (κ1) is 15.4. The lowest BCUT2D eigenvalue weighted by Gasteiger charge is -2.22. The van der Waals surface area contributed by atoms with Gasteiger partial charge in [-0.15, -0.1) is 0 Å². The summed E-state index contributed by atoms with van der Waals surface area (Å²) < 4.78 is 1.80. The Hall–Kier alpha value is -0.0200. The van der Waals surface area contributed by atoms with Gasteiger partial charge < -0.3 is 11.1 Å². The number of rotatable bonds is 2. The highest BCUT2D eigenvalue weighted by molar-refractivity contribution is 14.1. The Morgan fingerprint density at radius 3 is 1.95 bits per heavy atom. The minimum Gasteiger partial charge on any atom is -0.323 e. The fraction of sp³-hybridized carbons (Fsp3) is 0.100. The average Bonchev–Trinajstić information content (AvgIpc) is 2.33. The first-order valence-corrected chi connectivity index (χ1v) is 8.18. The van der Waals surface area contributed by atoms with Crippen LogP contribution in [0.5, 0.6) is 0 Å². The fourth-order valence-electron chi connectivity index (χ4n) is 1.59. The normalized spacial score (nSPS) is 13.3. The number of amides is 3. The van der Waals surface area contributed by atoms with Crippen LogP contribution in [-0.2, 0) is 4.79 Å². The highest BCUT2D eigenvalue weighted by Crippen LogP contribution is 2.37. The van der Waals surface area contributed by atoms with Gasteiger partial charge in [0.15, 0.2) is 0 Å². The van der Waals surface area contributed by atoms with Gasteiger partial charge >= 0.3 is 0 Å². The van der Waals surface area contributed by atoms with E-state index in [0.717, 1.165) is 0 Å². The summed E-state index contributed by atoms with van der Waals surface area (Å²) in [5.74, 6) is -1.28. The van der Waals surface area contributed by atoms with E-state index in [2.05, 4.69) is 10.6 Å². The molecule has 2 rings (SSSR count). The van der Waals surface area contributed by atoms with E-state index in [1.54, 1.807) is 0 Å². The van der Waals surface area contributed by atoms with E-state index in [1.165, 1.54) is 0 Å². The molecule has 0 atom stereocenters. The number of fused-ring (bicyclic) bond motifs is 2. The molecule has 1 heterocycles. The maximum atomic E-state index is 11.8. The molecule has 9 heteroatoms. The lowest BCUT2D eigenvalue weighted by atomic mass is 10.0. The van der Waals surface area contributed by atoms with E-state index in [0.29, 0.717) is 27.5 Å². The van der Waals surface area contributed by atoms with Crippen molar-refractivity contribution in [3.63, 3.8) is 0 Å². The van der Waals surface area contributed by atoms with Crippen LogP contribution in [-0.4, -0.2) is 24.3 Å². The van der Waals surface area contributed by atoms with Crippen LogP contribution in [0.1, 0.15) is 20.7 Å². The van der Waals surface area contributed by atoms with Gasteiger partial charge in [-0.25, -0.2) is 0 Å². The van der Waals surface area contributed by atoms with Crippen LogP contribution in [0.25, 0.3) is 0 Å². The van der Waals surface area contributed by atoms with Crippen molar-refractivity contribution < 1.29 is 14.4 Å². The summed E-state index contributed by atoms with van der Waals surface area (Å²) in [4.78, 5) is 35.1. The van der Waals surface area contributed by atoms with Crippen molar-refractivity contribution in [1.29, 1.82) is 0 Å². The molecule has 1 aromatic carbocycles. The molecular weight excluding hydrogens is 591 g/mol. The van der Waals surface area contributed by atoms with Crippen molar-refractivity contribution in [2.75, 3.05) is 11.9 Å². The van der Waals surface area contributed by atoms with Crippen molar-refractivity contribution in [2.24, 2.45) is 5.73 Å². The van der Waals surface area contributed by atoms with Crippen LogP contribution >= 0.6 is 67.8 Å².